The highest BCUT2D eigenvalue weighted by Gasteiger charge is 2.09. The first-order chi connectivity index (χ1) is 16.0. The molecule has 4 rings (SSSR count). The molecule has 2 N–H and O–H groups in total. The molecule has 1 heterocycles. The van der Waals surface area contributed by atoms with E-state index in [0.717, 1.165) is 17.6 Å². The lowest BCUT2D eigenvalue weighted by Crippen LogP contribution is -2.37. The molecule has 3 aromatic carbocycles. The van der Waals surface area contributed by atoms with Crippen LogP contribution in [0, 0.1) is 0 Å². The Labute approximate surface area is 196 Å². The minimum atomic E-state index is -0.435. The van der Waals surface area contributed by atoms with Gasteiger partial charge in [0.2, 0.25) is 0 Å². The first-order valence-electron chi connectivity index (χ1n) is 10.5. The molecular weight excluding hydrogens is 440 g/mol. The molecule has 0 radical (unpaired) electrons. The SMILES string of the molecule is CCn1c2ccccc2c2ccc(C=NNC(=O)CNC(=O)COc3ccc(Cl)cc3)cc21. The van der Waals surface area contributed by atoms with Gasteiger partial charge >= 0.3 is 0 Å². The molecule has 0 aliphatic heterocycles. The third-order valence-electron chi connectivity index (χ3n) is 5.15. The van der Waals surface area contributed by atoms with Crippen LogP contribution in [0.1, 0.15) is 12.5 Å². The molecule has 168 valence electrons. The quantitative estimate of drug-likeness (QED) is 0.305. The second-order valence-electron chi connectivity index (χ2n) is 7.35. The number of ether oxygens (including phenoxy) is 1. The van der Waals surface area contributed by atoms with Crippen LogP contribution in [0.5, 0.6) is 5.75 Å². The topological polar surface area (TPSA) is 84.7 Å². The largest absolute Gasteiger partial charge is 0.484 e. The van der Waals surface area contributed by atoms with Gasteiger partial charge in [0.1, 0.15) is 5.75 Å². The van der Waals surface area contributed by atoms with E-state index in [1.54, 1.807) is 30.5 Å². The molecule has 0 spiro atoms. The summed E-state index contributed by atoms with van der Waals surface area (Å²) < 4.78 is 7.59. The van der Waals surface area contributed by atoms with Crippen LogP contribution in [-0.4, -0.2) is 35.7 Å². The monoisotopic (exact) mass is 462 g/mol. The Morgan fingerprint density at radius 2 is 1.76 bits per heavy atom. The van der Waals surface area contributed by atoms with Gasteiger partial charge in [0.25, 0.3) is 11.8 Å². The van der Waals surface area contributed by atoms with E-state index in [4.69, 9.17) is 16.3 Å². The summed E-state index contributed by atoms with van der Waals surface area (Å²) in [5.41, 5.74) is 5.59. The van der Waals surface area contributed by atoms with Crippen molar-refractivity contribution in [2.24, 2.45) is 5.10 Å². The fourth-order valence-corrected chi connectivity index (χ4v) is 3.74. The standard InChI is InChI=1S/C25H23ClN4O3/c1-2-30-22-6-4-3-5-20(22)21-12-7-17(13-23(21)30)14-28-29-24(31)15-27-25(32)16-33-19-10-8-18(26)9-11-19/h3-14H,2,15-16H2,1H3,(H,27,32)(H,29,31). The van der Waals surface area contributed by atoms with Crippen LogP contribution < -0.4 is 15.5 Å². The molecule has 4 aromatic rings. The molecule has 0 aliphatic carbocycles. The number of rotatable bonds is 8. The third-order valence-corrected chi connectivity index (χ3v) is 5.40. The molecule has 1 aromatic heterocycles. The summed E-state index contributed by atoms with van der Waals surface area (Å²) in [6.45, 7) is 2.55. The van der Waals surface area contributed by atoms with E-state index in [1.807, 2.05) is 24.3 Å². The molecule has 0 saturated heterocycles. The number of hydrogen-bond donors (Lipinski definition) is 2. The first kappa shape index (κ1) is 22.4. The van der Waals surface area contributed by atoms with Crippen molar-refractivity contribution >= 4 is 51.4 Å². The average molecular weight is 463 g/mol. The number of nitrogens with one attached hydrogen (secondary N) is 2. The van der Waals surface area contributed by atoms with Gasteiger partial charge in [-0.25, -0.2) is 5.43 Å². The van der Waals surface area contributed by atoms with Gasteiger partial charge in [0, 0.05) is 33.4 Å². The van der Waals surface area contributed by atoms with Gasteiger partial charge in [0.05, 0.1) is 12.8 Å². The number of carbonyl (C=O) groups is 2. The zero-order chi connectivity index (χ0) is 23.2. The molecule has 7 nitrogen and oxygen atoms in total. The predicted octanol–water partition coefficient (Wildman–Crippen LogP) is 4.11. The first-order valence-corrected chi connectivity index (χ1v) is 10.9. The second kappa shape index (κ2) is 10.2. The van der Waals surface area contributed by atoms with E-state index >= 15 is 0 Å². The minimum absolute atomic E-state index is 0.205. The van der Waals surface area contributed by atoms with Gasteiger partial charge in [-0.3, -0.25) is 9.59 Å². The lowest BCUT2D eigenvalue weighted by Gasteiger charge is -2.07. The normalized spacial score (nSPS) is 11.2. The predicted molar refractivity (Wildman–Crippen MR) is 131 cm³/mol. The molecule has 0 saturated carbocycles. The summed E-state index contributed by atoms with van der Waals surface area (Å²) in [7, 11) is 0. The third kappa shape index (κ3) is 5.32. The highest BCUT2D eigenvalue weighted by Crippen LogP contribution is 2.29. The van der Waals surface area contributed by atoms with Gasteiger partial charge < -0.3 is 14.6 Å². The molecule has 0 bridgehead atoms. The number of aromatic nitrogens is 1. The molecule has 0 aliphatic rings. The number of benzene rings is 3. The Balaban J connectivity index is 1.30. The summed E-state index contributed by atoms with van der Waals surface area (Å²) in [5.74, 6) is -0.334. The number of aryl methyl sites for hydroxylation is 1. The van der Waals surface area contributed by atoms with Crippen molar-refractivity contribution in [1.82, 2.24) is 15.3 Å². The van der Waals surface area contributed by atoms with E-state index in [2.05, 4.69) is 45.5 Å². The molecule has 0 unspecified atom stereocenters. The van der Waals surface area contributed by atoms with Crippen LogP contribution in [-0.2, 0) is 16.1 Å². The van der Waals surface area contributed by atoms with Crippen molar-refractivity contribution in [3.05, 3.63) is 77.3 Å². The van der Waals surface area contributed by atoms with Crippen LogP contribution in [0.2, 0.25) is 5.02 Å². The highest BCUT2D eigenvalue weighted by molar-refractivity contribution is 6.30. The van der Waals surface area contributed by atoms with Crippen LogP contribution in [0.4, 0.5) is 0 Å². The zero-order valence-electron chi connectivity index (χ0n) is 18.0. The van der Waals surface area contributed by atoms with Gasteiger partial charge in [-0.05, 0) is 48.9 Å². The fraction of sp³-hybridized carbons (Fsp3) is 0.160. The number of hydrazone groups is 1. The molecule has 8 heteroatoms. The Morgan fingerprint density at radius 1 is 1.00 bits per heavy atom. The average Bonchev–Trinajstić information content (AvgIpc) is 3.15. The smallest absolute Gasteiger partial charge is 0.259 e. The molecule has 33 heavy (non-hydrogen) atoms. The van der Waals surface area contributed by atoms with E-state index in [1.165, 1.54) is 16.3 Å². The zero-order valence-corrected chi connectivity index (χ0v) is 18.8. The number of halogens is 1. The number of para-hydroxylation sites is 1. The van der Waals surface area contributed by atoms with Gasteiger partial charge in [-0.15, -0.1) is 0 Å². The molecule has 0 fully saturated rings. The van der Waals surface area contributed by atoms with E-state index < -0.39 is 11.8 Å². The number of nitrogens with zero attached hydrogens (tertiary/aromatic N) is 2. The van der Waals surface area contributed by atoms with Crippen molar-refractivity contribution in [2.45, 2.75) is 13.5 Å². The minimum Gasteiger partial charge on any atom is -0.484 e. The summed E-state index contributed by atoms with van der Waals surface area (Å²) in [4.78, 5) is 23.8. The van der Waals surface area contributed by atoms with Crippen molar-refractivity contribution < 1.29 is 14.3 Å². The number of amides is 2. The number of fused-ring (bicyclic) bond motifs is 3. The van der Waals surface area contributed by atoms with Gasteiger partial charge in [-0.1, -0.05) is 41.9 Å². The van der Waals surface area contributed by atoms with E-state index in [0.29, 0.717) is 10.8 Å². The Kier molecular flexibility index (Phi) is 6.90. The van der Waals surface area contributed by atoms with E-state index in [-0.39, 0.29) is 13.2 Å². The van der Waals surface area contributed by atoms with E-state index in [9.17, 15) is 9.59 Å². The van der Waals surface area contributed by atoms with Crippen LogP contribution in [0.25, 0.3) is 21.8 Å². The van der Waals surface area contributed by atoms with Crippen LogP contribution in [0.15, 0.2) is 71.8 Å². The highest BCUT2D eigenvalue weighted by atomic mass is 35.5. The number of hydrogen-bond acceptors (Lipinski definition) is 4. The second-order valence-corrected chi connectivity index (χ2v) is 7.79. The summed E-state index contributed by atoms with van der Waals surface area (Å²) in [6.07, 6.45) is 1.58. The van der Waals surface area contributed by atoms with Crippen LogP contribution in [0.3, 0.4) is 0 Å². The summed E-state index contributed by atoms with van der Waals surface area (Å²) in [6, 6.07) is 21.0. The maximum absolute atomic E-state index is 12.0. The van der Waals surface area contributed by atoms with Crippen LogP contribution >= 0.6 is 11.6 Å². The van der Waals surface area contributed by atoms with Gasteiger partial charge in [-0.2, -0.15) is 5.10 Å². The van der Waals surface area contributed by atoms with Crippen molar-refractivity contribution in [3.8, 4) is 5.75 Å². The van der Waals surface area contributed by atoms with Crippen molar-refractivity contribution in [3.63, 3.8) is 0 Å². The molecule has 0 atom stereocenters. The summed E-state index contributed by atoms with van der Waals surface area (Å²) in [5, 5.41) is 9.46. The Bertz CT molecular complexity index is 1330. The fourth-order valence-electron chi connectivity index (χ4n) is 3.62. The van der Waals surface area contributed by atoms with Gasteiger partial charge in [0.15, 0.2) is 6.61 Å². The summed E-state index contributed by atoms with van der Waals surface area (Å²) >= 11 is 5.80. The molecule has 2 amide bonds. The van der Waals surface area contributed by atoms with Crippen molar-refractivity contribution in [2.75, 3.05) is 13.2 Å². The maximum atomic E-state index is 12.0. The Morgan fingerprint density at radius 3 is 2.55 bits per heavy atom. The maximum Gasteiger partial charge on any atom is 0.259 e. The Hall–Kier alpha value is -3.84. The van der Waals surface area contributed by atoms with Crippen molar-refractivity contribution in [1.29, 1.82) is 0 Å². The molecular formula is C25H23ClN4O3. The lowest BCUT2D eigenvalue weighted by molar-refractivity contribution is -0.127. The lowest BCUT2D eigenvalue weighted by atomic mass is 10.1. The number of carbonyl (C=O) groups excluding carboxylic acids is 2.